The van der Waals surface area contributed by atoms with E-state index in [1.807, 2.05) is 13.8 Å². The summed E-state index contributed by atoms with van der Waals surface area (Å²) in [5.41, 5.74) is 2.75. The molecule has 1 aromatic carbocycles. The fourth-order valence-electron chi connectivity index (χ4n) is 2.02. The Bertz CT molecular complexity index is 509. The van der Waals surface area contributed by atoms with E-state index in [2.05, 4.69) is 4.74 Å². The average Bonchev–Trinajstić information content (AvgIpc) is 2.59. The van der Waals surface area contributed by atoms with Crippen molar-refractivity contribution in [3.8, 4) is 5.75 Å². The van der Waals surface area contributed by atoms with Crippen LogP contribution in [0, 0.1) is 0 Å². The van der Waals surface area contributed by atoms with E-state index in [1.165, 1.54) is 12.1 Å². The van der Waals surface area contributed by atoms with Gasteiger partial charge in [0.05, 0.1) is 0 Å². The number of hydrogen-bond acceptors (Lipinski definition) is 2. The molecular weight excluding hydrogens is 252 g/mol. The predicted octanol–water partition coefficient (Wildman–Crippen LogP) is 2.97. The van der Waals surface area contributed by atoms with Gasteiger partial charge in [0.15, 0.2) is 0 Å². The zero-order valence-corrected chi connectivity index (χ0v) is 10.8. The second-order valence-corrected chi connectivity index (χ2v) is 4.59. The van der Waals surface area contributed by atoms with Gasteiger partial charge in [0.2, 0.25) is 5.91 Å². The fourth-order valence-corrected chi connectivity index (χ4v) is 2.02. The first-order chi connectivity index (χ1) is 8.97. The normalized spacial score (nSPS) is 15.6. The molecule has 0 bridgehead atoms. The van der Waals surface area contributed by atoms with Gasteiger partial charge >= 0.3 is 6.61 Å². The number of ether oxygens (including phenoxy) is 1. The van der Waals surface area contributed by atoms with Crippen LogP contribution in [0.1, 0.15) is 19.4 Å². The van der Waals surface area contributed by atoms with Crippen molar-refractivity contribution in [2.24, 2.45) is 0 Å². The van der Waals surface area contributed by atoms with Crippen LogP contribution in [0.25, 0.3) is 0 Å². The summed E-state index contributed by atoms with van der Waals surface area (Å²) >= 11 is 0. The van der Waals surface area contributed by atoms with Gasteiger partial charge in [0.1, 0.15) is 5.75 Å². The van der Waals surface area contributed by atoms with Gasteiger partial charge in [-0.1, -0.05) is 12.1 Å². The molecule has 0 atom stereocenters. The van der Waals surface area contributed by atoms with Crippen molar-refractivity contribution in [1.29, 1.82) is 0 Å². The molecule has 0 fully saturated rings. The summed E-state index contributed by atoms with van der Waals surface area (Å²) in [5, 5.41) is 0. The molecule has 0 saturated heterocycles. The lowest BCUT2D eigenvalue weighted by molar-refractivity contribution is -0.125. The third-order valence-electron chi connectivity index (χ3n) is 3.20. The number of amides is 1. The quantitative estimate of drug-likeness (QED) is 0.839. The Morgan fingerprint density at radius 1 is 1.26 bits per heavy atom. The highest BCUT2D eigenvalue weighted by Gasteiger charge is 2.24. The molecule has 1 aliphatic rings. The molecular formula is C14H15F2NO2. The standard InChI is InChI=1S/C14H15F2NO2/c1-9-7-17(13(18)10(9)2)8-11-3-5-12(6-4-11)19-14(15)16/h3-6,14H,7-8H2,1-2H3. The van der Waals surface area contributed by atoms with Crippen LogP contribution in [0.4, 0.5) is 8.78 Å². The van der Waals surface area contributed by atoms with Crippen molar-refractivity contribution >= 4 is 5.91 Å². The van der Waals surface area contributed by atoms with Gasteiger partial charge in [0, 0.05) is 18.7 Å². The molecule has 0 aromatic heterocycles. The molecule has 5 heteroatoms. The zero-order chi connectivity index (χ0) is 14.0. The first-order valence-electron chi connectivity index (χ1n) is 5.96. The van der Waals surface area contributed by atoms with E-state index in [4.69, 9.17) is 0 Å². The Hall–Kier alpha value is -1.91. The summed E-state index contributed by atoms with van der Waals surface area (Å²) in [6.45, 7) is 2.03. The Labute approximate surface area is 110 Å². The summed E-state index contributed by atoms with van der Waals surface area (Å²) in [5.74, 6) is 0.155. The van der Waals surface area contributed by atoms with Crippen molar-refractivity contribution in [3.05, 3.63) is 41.0 Å². The number of alkyl halides is 2. The van der Waals surface area contributed by atoms with E-state index in [-0.39, 0.29) is 11.7 Å². The molecule has 19 heavy (non-hydrogen) atoms. The van der Waals surface area contributed by atoms with Gasteiger partial charge in [0.25, 0.3) is 0 Å². The third-order valence-corrected chi connectivity index (χ3v) is 3.20. The number of hydrogen-bond donors (Lipinski definition) is 0. The maximum atomic E-state index is 12.0. The van der Waals surface area contributed by atoms with Gasteiger partial charge in [-0.05, 0) is 37.1 Å². The zero-order valence-electron chi connectivity index (χ0n) is 10.8. The van der Waals surface area contributed by atoms with Gasteiger partial charge in [-0.2, -0.15) is 8.78 Å². The van der Waals surface area contributed by atoms with E-state index in [1.54, 1.807) is 17.0 Å². The van der Waals surface area contributed by atoms with Crippen LogP contribution in [-0.2, 0) is 11.3 Å². The Balaban J connectivity index is 2.00. The van der Waals surface area contributed by atoms with Gasteiger partial charge < -0.3 is 9.64 Å². The number of carbonyl (C=O) groups excluding carboxylic acids is 1. The van der Waals surface area contributed by atoms with Gasteiger partial charge in [-0.25, -0.2) is 0 Å². The molecule has 0 N–H and O–H groups in total. The van der Waals surface area contributed by atoms with Crippen molar-refractivity contribution in [1.82, 2.24) is 4.90 Å². The lowest BCUT2D eigenvalue weighted by Gasteiger charge is -2.17. The molecule has 1 amide bonds. The topological polar surface area (TPSA) is 29.5 Å². The number of carbonyl (C=O) groups is 1. The first-order valence-corrected chi connectivity index (χ1v) is 5.96. The van der Waals surface area contributed by atoms with Crippen molar-refractivity contribution in [2.75, 3.05) is 6.54 Å². The molecule has 0 radical (unpaired) electrons. The number of rotatable bonds is 4. The lowest BCUT2D eigenvalue weighted by atomic mass is 10.2. The minimum absolute atomic E-state index is 0.0328. The van der Waals surface area contributed by atoms with E-state index >= 15 is 0 Å². The number of benzene rings is 1. The largest absolute Gasteiger partial charge is 0.435 e. The lowest BCUT2D eigenvalue weighted by Crippen LogP contribution is -2.26. The van der Waals surface area contributed by atoms with E-state index in [0.717, 1.165) is 16.7 Å². The second kappa shape index (κ2) is 5.38. The molecule has 2 rings (SSSR count). The van der Waals surface area contributed by atoms with Crippen molar-refractivity contribution in [3.63, 3.8) is 0 Å². The monoisotopic (exact) mass is 267 g/mol. The highest BCUT2D eigenvalue weighted by Crippen LogP contribution is 2.21. The molecule has 0 unspecified atom stereocenters. The molecule has 1 aromatic rings. The minimum atomic E-state index is -2.82. The minimum Gasteiger partial charge on any atom is -0.435 e. The molecule has 3 nitrogen and oxygen atoms in total. The first kappa shape index (κ1) is 13.5. The molecule has 1 heterocycles. The van der Waals surface area contributed by atoms with Crippen molar-refractivity contribution < 1.29 is 18.3 Å². The van der Waals surface area contributed by atoms with Crippen LogP contribution in [-0.4, -0.2) is 24.0 Å². The molecule has 0 aliphatic carbocycles. The van der Waals surface area contributed by atoms with Crippen LogP contribution in [0.2, 0.25) is 0 Å². The maximum Gasteiger partial charge on any atom is 0.387 e. The van der Waals surface area contributed by atoms with Crippen LogP contribution in [0.15, 0.2) is 35.4 Å². The summed E-state index contributed by atoms with van der Waals surface area (Å²) in [6, 6.07) is 6.34. The Morgan fingerprint density at radius 2 is 1.89 bits per heavy atom. The smallest absolute Gasteiger partial charge is 0.387 e. The molecule has 102 valence electrons. The highest BCUT2D eigenvalue weighted by atomic mass is 19.3. The number of nitrogens with zero attached hydrogens (tertiary/aromatic N) is 1. The SMILES string of the molecule is CC1=C(C)C(=O)N(Cc2ccc(OC(F)F)cc2)C1. The predicted molar refractivity (Wildman–Crippen MR) is 66.9 cm³/mol. The van der Waals surface area contributed by atoms with E-state index in [9.17, 15) is 13.6 Å². The van der Waals surface area contributed by atoms with E-state index in [0.29, 0.717) is 13.1 Å². The van der Waals surface area contributed by atoms with Crippen LogP contribution >= 0.6 is 0 Å². The van der Waals surface area contributed by atoms with E-state index < -0.39 is 6.61 Å². The molecule has 1 aliphatic heterocycles. The van der Waals surface area contributed by atoms with Gasteiger partial charge in [-0.3, -0.25) is 4.79 Å². The summed E-state index contributed by atoms with van der Waals surface area (Å²) in [6.07, 6.45) is 0. The second-order valence-electron chi connectivity index (χ2n) is 4.59. The Morgan fingerprint density at radius 3 is 2.37 bits per heavy atom. The van der Waals surface area contributed by atoms with Crippen LogP contribution in [0.3, 0.4) is 0 Å². The maximum absolute atomic E-state index is 12.0. The van der Waals surface area contributed by atoms with Crippen LogP contribution in [0.5, 0.6) is 5.75 Å². The molecule has 0 saturated carbocycles. The third kappa shape index (κ3) is 3.10. The van der Waals surface area contributed by atoms with Crippen LogP contribution < -0.4 is 4.74 Å². The van der Waals surface area contributed by atoms with Gasteiger partial charge in [-0.15, -0.1) is 0 Å². The average molecular weight is 267 g/mol. The summed E-state index contributed by atoms with van der Waals surface area (Å²) in [7, 11) is 0. The highest BCUT2D eigenvalue weighted by molar-refractivity contribution is 5.96. The van der Waals surface area contributed by atoms with Crippen molar-refractivity contribution in [2.45, 2.75) is 27.0 Å². The fraction of sp³-hybridized carbons (Fsp3) is 0.357. The molecule has 0 spiro atoms. The summed E-state index contributed by atoms with van der Waals surface area (Å²) < 4.78 is 28.3. The summed E-state index contributed by atoms with van der Waals surface area (Å²) in [4.78, 5) is 13.6. The number of halogens is 2. The Kier molecular flexibility index (Phi) is 3.83.